The number of methoxy groups -OCH3 is 1. The van der Waals surface area contributed by atoms with Crippen molar-refractivity contribution in [1.29, 1.82) is 0 Å². The number of nitrogens with one attached hydrogen (secondary N) is 2. The number of sulfonamides is 1. The monoisotopic (exact) mass is 525 g/mol. The Labute approximate surface area is 217 Å². The SMILES string of the molecule is COc1ccc(N2C(=S)N[C@H](c3ccccn3)[C@@H]2c2ccn(C3CCCCC3)c2)cc1NS(C)(=O)=O. The van der Waals surface area contributed by atoms with Crippen LogP contribution in [0.2, 0.25) is 0 Å². The average molecular weight is 526 g/mol. The van der Waals surface area contributed by atoms with Crippen LogP contribution in [0.25, 0.3) is 0 Å². The Kier molecular flexibility index (Phi) is 6.90. The molecule has 2 atom stereocenters. The number of hydrogen-bond donors (Lipinski definition) is 2. The second-order valence-electron chi connectivity index (χ2n) is 9.44. The summed E-state index contributed by atoms with van der Waals surface area (Å²) in [7, 11) is -1.99. The zero-order valence-corrected chi connectivity index (χ0v) is 22.1. The van der Waals surface area contributed by atoms with Crippen molar-refractivity contribution in [1.82, 2.24) is 14.9 Å². The Morgan fingerprint density at radius 1 is 1.14 bits per heavy atom. The zero-order valence-electron chi connectivity index (χ0n) is 20.4. The molecule has 10 heteroatoms. The van der Waals surface area contributed by atoms with Crippen LogP contribution in [0, 0.1) is 0 Å². The van der Waals surface area contributed by atoms with Gasteiger partial charge >= 0.3 is 0 Å². The van der Waals surface area contributed by atoms with Gasteiger partial charge in [-0.1, -0.05) is 25.3 Å². The van der Waals surface area contributed by atoms with Gasteiger partial charge in [-0.05, 0) is 67.0 Å². The van der Waals surface area contributed by atoms with Crippen molar-refractivity contribution in [2.45, 2.75) is 50.2 Å². The fraction of sp³-hybridized carbons (Fsp3) is 0.385. The number of nitrogens with zero attached hydrogens (tertiary/aromatic N) is 3. The molecule has 1 saturated carbocycles. The van der Waals surface area contributed by atoms with Crippen molar-refractivity contribution in [3.8, 4) is 5.75 Å². The van der Waals surface area contributed by atoms with Gasteiger partial charge in [-0.25, -0.2) is 8.42 Å². The molecule has 0 unspecified atom stereocenters. The summed E-state index contributed by atoms with van der Waals surface area (Å²) >= 11 is 5.83. The quantitative estimate of drug-likeness (QED) is 0.422. The van der Waals surface area contributed by atoms with E-state index in [2.05, 4.69) is 38.1 Å². The van der Waals surface area contributed by atoms with Crippen LogP contribution in [0.5, 0.6) is 5.75 Å². The topological polar surface area (TPSA) is 88.5 Å². The summed E-state index contributed by atoms with van der Waals surface area (Å²) in [6, 6.07) is 13.6. The molecule has 0 spiro atoms. The van der Waals surface area contributed by atoms with E-state index in [9.17, 15) is 8.42 Å². The molecule has 1 aliphatic carbocycles. The molecule has 2 fully saturated rings. The Morgan fingerprint density at radius 2 is 1.94 bits per heavy atom. The van der Waals surface area contributed by atoms with Crippen molar-refractivity contribution in [3.63, 3.8) is 0 Å². The number of hydrogen-bond acceptors (Lipinski definition) is 5. The third kappa shape index (κ3) is 5.05. The minimum Gasteiger partial charge on any atom is -0.495 e. The lowest BCUT2D eigenvalue weighted by Crippen LogP contribution is -2.29. The van der Waals surface area contributed by atoms with Gasteiger partial charge in [-0.3, -0.25) is 9.71 Å². The normalized spacial score (nSPS) is 20.8. The molecule has 3 heterocycles. The highest BCUT2D eigenvalue weighted by Crippen LogP contribution is 2.44. The number of thiocarbonyl (C=S) groups is 1. The molecule has 0 radical (unpaired) electrons. The summed E-state index contributed by atoms with van der Waals surface area (Å²) in [6.07, 6.45) is 13.5. The largest absolute Gasteiger partial charge is 0.495 e. The molecule has 3 aromatic rings. The van der Waals surface area contributed by atoms with Crippen LogP contribution in [-0.2, 0) is 10.0 Å². The summed E-state index contributed by atoms with van der Waals surface area (Å²) in [4.78, 5) is 6.67. The summed E-state index contributed by atoms with van der Waals surface area (Å²) < 4.78 is 34.3. The Morgan fingerprint density at radius 3 is 2.64 bits per heavy atom. The highest BCUT2D eigenvalue weighted by Gasteiger charge is 2.41. The summed E-state index contributed by atoms with van der Waals surface area (Å²) in [6.45, 7) is 0. The number of benzene rings is 1. The number of anilines is 2. The molecule has 1 aliphatic heterocycles. The van der Waals surface area contributed by atoms with Gasteiger partial charge in [-0.15, -0.1) is 0 Å². The van der Waals surface area contributed by atoms with Gasteiger partial charge in [-0.2, -0.15) is 0 Å². The van der Waals surface area contributed by atoms with Crippen molar-refractivity contribution in [2.75, 3.05) is 23.0 Å². The minimum atomic E-state index is -3.50. The van der Waals surface area contributed by atoms with E-state index in [-0.39, 0.29) is 12.1 Å². The third-order valence-corrected chi connectivity index (χ3v) is 7.84. The first-order chi connectivity index (χ1) is 17.3. The van der Waals surface area contributed by atoms with Crippen LogP contribution in [0.15, 0.2) is 61.1 Å². The van der Waals surface area contributed by atoms with Crippen LogP contribution in [0.4, 0.5) is 11.4 Å². The van der Waals surface area contributed by atoms with E-state index in [0.29, 0.717) is 22.6 Å². The smallest absolute Gasteiger partial charge is 0.229 e. The van der Waals surface area contributed by atoms with Gasteiger partial charge in [0.15, 0.2) is 5.11 Å². The summed E-state index contributed by atoms with van der Waals surface area (Å²) in [5.41, 5.74) is 3.13. The Balaban J connectivity index is 1.57. The van der Waals surface area contributed by atoms with E-state index < -0.39 is 10.0 Å². The number of rotatable bonds is 7. The maximum Gasteiger partial charge on any atom is 0.229 e. The van der Waals surface area contributed by atoms with Crippen molar-refractivity contribution < 1.29 is 13.2 Å². The molecular formula is C26H31N5O3S2. The zero-order chi connectivity index (χ0) is 25.3. The molecular weight excluding hydrogens is 494 g/mol. The second-order valence-corrected chi connectivity index (χ2v) is 11.6. The lowest BCUT2D eigenvalue weighted by atomic mass is 9.95. The highest BCUT2D eigenvalue weighted by atomic mass is 32.2. The van der Waals surface area contributed by atoms with Gasteiger partial charge in [0.25, 0.3) is 0 Å². The Hall–Kier alpha value is -3.11. The molecule has 2 aliphatic rings. The maximum atomic E-state index is 12.0. The number of ether oxygens (including phenoxy) is 1. The van der Waals surface area contributed by atoms with Crippen LogP contribution in [0.1, 0.15) is 61.5 Å². The first kappa shape index (κ1) is 24.6. The van der Waals surface area contributed by atoms with Crippen LogP contribution in [0.3, 0.4) is 0 Å². The molecule has 0 bridgehead atoms. The number of pyridine rings is 1. The van der Waals surface area contributed by atoms with E-state index in [1.54, 1.807) is 18.3 Å². The predicted octanol–water partition coefficient (Wildman–Crippen LogP) is 4.95. The summed E-state index contributed by atoms with van der Waals surface area (Å²) in [5, 5.41) is 4.02. The van der Waals surface area contributed by atoms with Gasteiger partial charge < -0.3 is 19.5 Å². The van der Waals surface area contributed by atoms with Gasteiger partial charge in [0.1, 0.15) is 5.75 Å². The summed E-state index contributed by atoms with van der Waals surface area (Å²) in [5.74, 6) is 0.434. The molecule has 2 aromatic heterocycles. The molecule has 1 aromatic carbocycles. The van der Waals surface area contributed by atoms with E-state index >= 15 is 0 Å². The van der Waals surface area contributed by atoms with Crippen molar-refractivity contribution >= 4 is 38.7 Å². The highest BCUT2D eigenvalue weighted by molar-refractivity contribution is 7.92. The standard InChI is InChI=1S/C26H31N5O3S2/c1-34-23-12-11-20(16-22(23)29-36(2,32)33)31-25(24(28-26(31)35)21-10-6-7-14-27-21)18-13-15-30(17-18)19-8-4-3-5-9-19/h6-7,10-17,19,24-25,29H,3-5,8-9H2,1-2H3,(H,28,35)/t24-,25+/m1/s1. The first-order valence-corrected chi connectivity index (χ1v) is 14.5. The lowest BCUT2D eigenvalue weighted by Gasteiger charge is -2.28. The van der Waals surface area contributed by atoms with E-state index in [1.165, 1.54) is 39.2 Å². The van der Waals surface area contributed by atoms with Crippen LogP contribution < -0.4 is 19.7 Å². The fourth-order valence-electron chi connectivity index (χ4n) is 5.31. The predicted molar refractivity (Wildman–Crippen MR) is 146 cm³/mol. The molecule has 8 nitrogen and oxygen atoms in total. The van der Waals surface area contributed by atoms with E-state index in [4.69, 9.17) is 17.0 Å². The fourth-order valence-corrected chi connectivity index (χ4v) is 6.21. The van der Waals surface area contributed by atoms with E-state index in [0.717, 1.165) is 23.2 Å². The molecule has 5 rings (SSSR count). The van der Waals surface area contributed by atoms with Crippen molar-refractivity contribution in [2.24, 2.45) is 0 Å². The van der Waals surface area contributed by atoms with Gasteiger partial charge in [0.2, 0.25) is 10.0 Å². The van der Waals surface area contributed by atoms with E-state index in [1.807, 2.05) is 29.2 Å². The Bertz CT molecular complexity index is 1340. The molecule has 0 amide bonds. The third-order valence-electron chi connectivity index (χ3n) is 6.93. The minimum absolute atomic E-state index is 0.170. The van der Waals surface area contributed by atoms with Gasteiger partial charge in [0, 0.05) is 30.3 Å². The van der Waals surface area contributed by atoms with Crippen LogP contribution in [-0.4, -0.2) is 36.4 Å². The average Bonchev–Trinajstić information content (AvgIpc) is 3.49. The molecule has 1 saturated heterocycles. The van der Waals surface area contributed by atoms with Crippen molar-refractivity contribution in [3.05, 3.63) is 72.3 Å². The lowest BCUT2D eigenvalue weighted by molar-refractivity contribution is 0.353. The first-order valence-electron chi connectivity index (χ1n) is 12.2. The second kappa shape index (κ2) is 10.1. The molecule has 2 N–H and O–H groups in total. The number of aromatic nitrogens is 2. The molecule has 36 heavy (non-hydrogen) atoms. The van der Waals surface area contributed by atoms with Gasteiger partial charge in [0.05, 0.1) is 36.8 Å². The maximum absolute atomic E-state index is 12.0. The van der Waals surface area contributed by atoms with Crippen LogP contribution >= 0.6 is 12.2 Å². The molecule has 190 valence electrons.